The van der Waals surface area contributed by atoms with Crippen molar-refractivity contribution in [2.24, 2.45) is 0 Å². The van der Waals surface area contributed by atoms with E-state index in [2.05, 4.69) is 17.4 Å². The molecule has 2 N–H and O–H groups in total. The molecule has 1 aliphatic heterocycles. The second-order valence-electron chi connectivity index (χ2n) is 4.13. The van der Waals surface area contributed by atoms with Crippen LogP contribution in [-0.4, -0.2) is 30.9 Å². The van der Waals surface area contributed by atoms with Crippen molar-refractivity contribution in [2.45, 2.75) is 25.0 Å². The Kier molecular flexibility index (Phi) is 4.34. The first-order chi connectivity index (χ1) is 7.92. The van der Waals surface area contributed by atoms with Gasteiger partial charge < -0.3 is 15.2 Å². The number of hydrogen-bond acceptors (Lipinski definition) is 3. The summed E-state index contributed by atoms with van der Waals surface area (Å²) in [5.41, 5.74) is 1.22. The van der Waals surface area contributed by atoms with Gasteiger partial charge in [0.1, 0.15) is 0 Å². The molecule has 1 aliphatic rings. The van der Waals surface area contributed by atoms with Gasteiger partial charge in [-0.3, -0.25) is 0 Å². The van der Waals surface area contributed by atoms with E-state index in [4.69, 9.17) is 9.84 Å². The Morgan fingerprint density at radius 3 is 2.88 bits per heavy atom. The molecule has 1 aromatic carbocycles. The standard InChI is InChI=1S/C13H19NO2/c15-9-8-14-12-7-4-10-16-13(12)11-5-2-1-3-6-11/h1-3,5-6,12-15H,4,7-10H2. The molecule has 2 unspecified atom stereocenters. The highest BCUT2D eigenvalue weighted by atomic mass is 16.5. The van der Waals surface area contributed by atoms with Crippen LogP contribution < -0.4 is 5.32 Å². The third kappa shape index (κ3) is 2.82. The molecular weight excluding hydrogens is 202 g/mol. The van der Waals surface area contributed by atoms with Crippen LogP contribution in [0.1, 0.15) is 24.5 Å². The van der Waals surface area contributed by atoms with Crippen LogP contribution in [0.5, 0.6) is 0 Å². The van der Waals surface area contributed by atoms with Gasteiger partial charge in [0.05, 0.1) is 12.7 Å². The van der Waals surface area contributed by atoms with Gasteiger partial charge in [-0.15, -0.1) is 0 Å². The summed E-state index contributed by atoms with van der Waals surface area (Å²) in [6.45, 7) is 1.65. The van der Waals surface area contributed by atoms with Crippen LogP contribution in [0.3, 0.4) is 0 Å². The molecule has 2 rings (SSSR count). The third-order valence-electron chi connectivity index (χ3n) is 2.97. The highest BCUT2D eigenvalue weighted by Gasteiger charge is 2.26. The van der Waals surface area contributed by atoms with Crippen molar-refractivity contribution in [3.8, 4) is 0 Å². The number of nitrogens with one attached hydrogen (secondary N) is 1. The molecule has 1 heterocycles. The number of aliphatic hydroxyl groups is 1. The van der Waals surface area contributed by atoms with Crippen LogP contribution in [0.2, 0.25) is 0 Å². The molecule has 0 saturated carbocycles. The van der Waals surface area contributed by atoms with Crippen LogP contribution in [-0.2, 0) is 4.74 Å². The molecule has 16 heavy (non-hydrogen) atoms. The molecular formula is C13H19NO2. The van der Waals surface area contributed by atoms with Crippen molar-refractivity contribution in [1.82, 2.24) is 5.32 Å². The first-order valence-electron chi connectivity index (χ1n) is 5.92. The Balaban J connectivity index is 2.04. The molecule has 2 atom stereocenters. The molecule has 0 bridgehead atoms. The van der Waals surface area contributed by atoms with Gasteiger partial charge in [-0.25, -0.2) is 0 Å². The summed E-state index contributed by atoms with van der Waals surface area (Å²) in [6, 6.07) is 10.6. The summed E-state index contributed by atoms with van der Waals surface area (Å²) in [7, 11) is 0. The summed E-state index contributed by atoms with van der Waals surface area (Å²) < 4.78 is 5.83. The fourth-order valence-electron chi connectivity index (χ4n) is 2.21. The predicted octanol–water partition coefficient (Wildman–Crippen LogP) is 1.49. The molecule has 1 saturated heterocycles. The lowest BCUT2D eigenvalue weighted by atomic mass is 9.96. The Bertz CT molecular complexity index is 302. The van der Waals surface area contributed by atoms with Gasteiger partial charge in [0.25, 0.3) is 0 Å². The fraction of sp³-hybridized carbons (Fsp3) is 0.538. The molecule has 1 aromatic rings. The summed E-state index contributed by atoms with van der Waals surface area (Å²) >= 11 is 0. The van der Waals surface area contributed by atoms with Crippen LogP contribution in [0.25, 0.3) is 0 Å². The average molecular weight is 221 g/mol. The minimum Gasteiger partial charge on any atom is -0.395 e. The number of ether oxygens (including phenoxy) is 1. The monoisotopic (exact) mass is 221 g/mol. The van der Waals surface area contributed by atoms with E-state index in [1.807, 2.05) is 18.2 Å². The summed E-state index contributed by atoms with van der Waals surface area (Å²) in [5, 5.41) is 12.2. The maximum absolute atomic E-state index is 8.85. The lowest BCUT2D eigenvalue weighted by molar-refractivity contribution is -0.0115. The van der Waals surface area contributed by atoms with Crippen molar-refractivity contribution in [2.75, 3.05) is 19.8 Å². The first-order valence-corrected chi connectivity index (χ1v) is 5.92. The van der Waals surface area contributed by atoms with E-state index in [1.54, 1.807) is 0 Å². The molecule has 0 aromatic heterocycles. The molecule has 88 valence electrons. The van der Waals surface area contributed by atoms with Gasteiger partial charge in [0.15, 0.2) is 0 Å². The fourth-order valence-corrected chi connectivity index (χ4v) is 2.21. The molecule has 0 aliphatic carbocycles. The summed E-state index contributed by atoms with van der Waals surface area (Å²) in [5.74, 6) is 0. The van der Waals surface area contributed by atoms with Gasteiger partial charge in [-0.2, -0.15) is 0 Å². The van der Waals surface area contributed by atoms with Crippen LogP contribution >= 0.6 is 0 Å². The topological polar surface area (TPSA) is 41.5 Å². The zero-order valence-electron chi connectivity index (χ0n) is 9.43. The molecule has 0 amide bonds. The number of rotatable bonds is 4. The summed E-state index contributed by atoms with van der Waals surface area (Å²) in [4.78, 5) is 0. The van der Waals surface area contributed by atoms with Gasteiger partial charge in [-0.05, 0) is 18.4 Å². The van der Waals surface area contributed by atoms with Crippen molar-refractivity contribution >= 4 is 0 Å². The molecule has 3 heteroatoms. The number of benzene rings is 1. The third-order valence-corrected chi connectivity index (χ3v) is 2.97. The van der Waals surface area contributed by atoms with Crippen molar-refractivity contribution in [1.29, 1.82) is 0 Å². The Labute approximate surface area is 96.4 Å². The molecule has 0 radical (unpaired) electrons. The summed E-state index contributed by atoms with van der Waals surface area (Å²) in [6.07, 6.45) is 2.33. The second kappa shape index (κ2) is 5.99. The first kappa shape index (κ1) is 11.6. The minimum atomic E-state index is 0.126. The maximum atomic E-state index is 8.85. The van der Waals surface area contributed by atoms with Crippen molar-refractivity contribution in [3.63, 3.8) is 0 Å². The predicted molar refractivity (Wildman–Crippen MR) is 63.2 cm³/mol. The van der Waals surface area contributed by atoms with E-state index in [1.165, 1.54) is 5.56 Å². The van der Waals surface area contributed by atoms with Crippen LogP contribution in [0, 0.1) is 0 Å². The van der Waals surface area contributed by atoms with Crippen molar-refractivity contribution < 1.29 is 9.84 Å². The van der Waals surface area contributed by atoms with Gasteiger partial charge in [0, 0.05) is 19.2 Å². The zero-order valence-corrected chi connectivity index (χ0v) is 9.43. The van der Waals surface area contributed by atoms with Gasteiger partial charge in [-0.1, -0.05) is 30.3 Å². The number of hydrogen-bond donors (Lipinski definition) is 2. The van der Waals surface area contributed by atoms with E-state index in [0.29, 0.717) is 12.6 Å². The Morgan fingerprint density at radius 1 is 1.31 bits per heavy atom. The highest BCUT2D eigenvalue weighted by molar-refractivity contribution is 5.19. The zero-order chi connectivity index (χ0) is 11.2. The molecule has 0 spiro atoms. The van der Waals surface area contributed by atoms with E-state index in [-0.39, 0.29) is 12.7 Å². The van der Waals surface area contributed by atoms with E-state index in [9.17, 15) is 0 Å². The lowest BCUT2D eigenvalue weighted by Crippen LogP contribution is -2.40. The van der Waals surface area contributed by atoms with E-state index >= 15 is 0 Å². The highest BCUT2D eigenvalue weighted by Crippen LogP contribution is 2.27. The molecule has 3 nitrogen and oxygen atoms in total. The van der Waals surface area contributed by atoms with E-state index in [0.717, 1.165) is 19.4 Å². The Hall–Kier alpha value is -0.900. The number of aliphatic hydroxyl groups excluding tert-OH is 1. The van der Waals surface area contributed by atoms with Crippen LogP contribution in [0.15, 0.2) is 30.3 Å². The largest absolute Gasteiger partial charge is 0.395 e. The second-order valence-corrected chi connectivity index (χ2v) is 4.13. The lowest BCUT2D eigenvalue weighted by Gasteiger charge is -2.32. The van der Waals surface area contributed by atoms with Crippen LogP contribution in [0.4, 0.5) is 0 Å². The molecule has 1 fully saturated rings. The quantitative estimate of drug-likeness (QED) is 0.809. The van der Waals surface area contributed by atoms with Gasteiger partial charge in [0.2, 0.25) is 0 Å². The SMILES string of the molecule is OCCNC1CCCOC1c1ccccc1. The smallest absolute Gasteiger partial charge is 0.0977 e. The van der Waals surface area contributed by atoms with E-state index < -0.39 is 0 Å². The minimum absolute atomic E-state index is 0.126. The van der Waals surface area contributed by atoms with Crippen molar-refractivity contribution in [3.05, 3.63) is 35.9 Å². The average Bonchev–Trinajstić information content (AvgIpc) is 2.38. The van der Waals surface area contributed by atoms with Gasteiger partial charge >= 0.3 is 0 Å². The normalized spacial score (nSPS) is 25.6. The Morgan fingerprint density at radius 2 is 2.12 bits per heavy atom. The maximum Gasteiger partial charge on any atom is 0.0977 e.